The fourth-order valence-electron chi connectivity index (χ4n) is 4.41. The van der Waals surface area contributed by atoms with E-state index in [-0.39, 0.29) is 5.41 Å². The van der Waals surface area contributed by atoms with E-state index in [2.05, 4.69) is 92.2 Å². The fourth-order valence-corrected chi connectivity index (χ4v) is 4.41. The second-order valence-electron chi connectivity index (χ2n) is 7.28. The zero-order valence-corrected chi connectivity index (χ0v) is 15.4. The van der Waals surface area contributed by atoms with E-state index in [1.807, 2.05) is 0 Å². The van der Waals surface area contributed by atoms with E-state index >= 15 is 0 Å². The van der Waals surface area contributed by atoms with Crippen molar-refractivity contribution < 1.29 is 4.57 Å². The second-order valence-corrected chi connectivity index (χ2v) is 7.28. The highest BCUT2D eigenvalue weighted by Gasteiger charge is 2.41. The Morgan fingerprint density at radius 2 is 1.56 bits per heavy atom. The molecule has 2 aromatic carbocycles. The lowest BCUT2D eigenvalue weighted by Gasteiger charge is -2.35. The standard InChI is InChI=1S/C24H26N/c1-4-24(5-2)17-25-16-21(19-11-7-6-8-12-19)18(3)15-23(25)20-13-9-10-14-22(20)24/h6-16H,4-5,17H2,1-3H3/q+1. The maximum absolute atomic E-state index is 2.49. The van der Waals surface area contributed by atoms with Crippen LogP contribution < -0.4 is 4.57 Å². The van der Waals surface area contributed by atoms with Gasteiger partial charge in [0.2, 0.25) is 5.69 Å². The summed E-state index contributed by atoms with van der Waals surface area (Å²) in [5.74, 6) is 0. The number of benzene rings is 2. The fraction of sp³-hybridized carbons (Fsp3) is 0.292. The van der Waals surface area contributed by atoms with E-state index in [0.29, 0.717) is 0 Å². The van der Waals surface area contributed by atoms with Crippen molar-refractivity contribution in [3.8, 4) is 22.4 Å². The zero-order valence-electron chi connectivity index (χ0n) is 15.4. The summed E-state index contributed by atoms with van der Waals surface area (Å²) >= 11 is 0. The number of hydrogen-bond donors (Lipinski definition) is 0. The molecule has 0 radical (unpaired) electrons. The van der Waals surface area contributed by atoms with Gasteiger partial charge in [-0.05, 0) is 42.5 Å². The minimum Gasteiger partial charge on any atom is -0.197 e. The summed E-state index contributed by atoms with van der Waals surface area (Å²) in [5, 5.41) is 0. The first kappa shape index (κ1) is 16.1. The molecule has 126 valence electrons. The predicted octanol–water partition coefficient (Wildman–Crippen LogP) is 5.69. The number of aromatic nitrogens is 1. The van der Waals surface area contributed by atoms with Crippen LogP contribution >= 0.6 is 0 Å². The maximum atomic E-state index is 2.49. The lowest BCUT2D eigenvalue weighted by Crippen LogP contribution is -2.50. The molecule has 0 atom stereocenters. The number of rotatable bonds is 3. The summed E-state index contributed by atoms with van der Waals surface area (Å²) in [6.45, 7) is 7.95. The van der Waals surface area contributed by atoms with Gasteiger partial charge in [-0.15, -0.1) is 0 Å². The zero-order chi connectivity index (χ0) is 17.4. The molecule has 1 aliphatic rings. The van der Waals surface area contributed by atoms with Gasteiger partial charge in [0.25, 0.3) is 0 Å². The summed E-state index contributed by atoms with van der Waals surface area (Å²) in [6, 6.07) is 22.1. The average molecular weight is 328 g/mol. The summed E-state index contributed by atoms with van der Waals surface area (Å²) < 4.78 is 2.49. The van der Waals surface area contributed by atoms with Crippen molar-refractivity contribution >= 4 is 0 Å². The van der Waals surface area contributed by atoms with Gasteiger partial charge < -0.3 is 0 Å². The van der Waals surface area contributed by atoms with Crippen LogP contribution in [0.2, 0.25) is 0 Å². The molecule has 1 aromatic heterocycles. The minimum atomic E-state index is 0.234. The Balaban J connectivity index is 1.95. The van der Waals surface area contributed by atoms with E-state index in [1.54, 1.807) is 0 Å². The molecule has 1 heteroatoms. The van der Waals surface area contributed by atoms with Gasteiger partial charge in [-0.3, -0.25) is 0 Å². The van der Waals surface area contributed by atoms with Gasteiger partial charge in [-0.25, -0.2) is 0 Å². The molecule has 0 unspecified atom stereocenters. The highest BCUT2D eigenvalue weighted by atomic mass is 15.0. The molecule has 25 heavy (non-hydrogen) atoms. The summed E-state index contributed by atoms with van der Waals surface area (Å²) in [7, 11) is 0. The first-order valence-electron chi connectivity index (χ1n) is 9.38. The average Bonchev–Trinajstić information content (AvgIpc) is 2.68. The van der Waals surface area contributed by atoms with Gasteiger partial charge in [-0.1, -0.05) is 62.4 Å². The SMILES string of the molecule is CCC1(CC)C[n+]2cc(-c3ccccc3)c(C)cc2-c2ccccc21. The van der Waals surface area contributed by atoms with Crippen LogP contribution in [0.1, 0.15) is 37.8 Å². The number of nitrogens with zero attached hydrogens (tertiary/aromatic N) is 1. The van der Waals surface area contributed by atoms with Crippen molar-refractivity contribution in [3.05, 3.63) is 78.0 Å². The van der Waals surface area contributed by atoms with Crippen LogP contribution in [0.4, 0.5) is 0 Å². The van der Waals surface area contributed by atoms with Crippen LogP contribution in [0.5, 0.6) is 0 Å². The maximum Gasteiger partial charge on any atom is 0.213 e. The molecule has 1 nitrogen and oxygen atoms in total. The monoisotopic (exact) mass is 328 g/mol. The van der Waals surface area contributed by atoms with Crippen LogP contribution in [0.25, 0.3) is 22.4 Å². The lowest BCUT2D eigenvalue weighted by molar-refractivity contribution is -0.696. The molecule has 2 heterocycles. The molecule has 0 fully saturated rings. The van der Waals surface area contributed by atoms with Crippen molar-refractivity contribution in [2.75, 3.05) is 0 Å². The Morgan fingerprint density at radius 1 is 0.880 bits per heavy atom. The molecule has 0 bridgehead atoms. The van der Waals surface area contributed by atoms with Gasteiger partial charge in [-0.2, -0.15) is 4.57 Å². The van der Waals surface area contributed by atoms with Crippen molar-refractivity contribution in [1.29, 1.82) is 0 Å². The molecular formula is C24H26N+. The van der Waals surface area contributed by atoms with Crippen molar-refractivity contribution in [2.45, 2.75) is 45.6 Å². The third kappa shape index (κ3) is 2.50. The Morgan fingerprint density at radius 3 is 2.28 bits per heavy atom. The van der Waals surface area contributed by atoms with E-state index in [9.17, 15) is 0 Å². The summed E-state index contributed by atoms with van der Waals surface area (Å²) in [6.07, 6.45) is 4.71. The molecule has 0 saturated carbocycles. The quantitative estimate of drug-likeness (QED) is 0.544. The number of pyridine rings is 1. The van der Waals surface area contributed by atoms with Gasteiger partial charge >= 0.3 is 0 Å². The second kappa shape index (κ2) is 6.15. The van der Waals surface area contributed by atoms with Crippen LogP contribution in [0.15, 0.2) is 66.9 Å². The molecule has 0 aliphatic carbocycles. The normalized spacial score (nSPS) is 14.7. The van der Waals surface area contributed by atoms with Crippen LogP contribution in [0, 0.1) is 6.92 Å². The van der Waals surface area contributed by atoms with E-state index in [0.717, 1.165) is 6.54 Å². The molecule has 0 spiro atoms. The molecule has 1 aliphatic heterocycles. The molecule has 0 saturated heterocycles. The molecule has 4 rings (SSSR count). The van der Waals surface area contributed by atoms with E-state index in [1.165, 1.54) is 46.4 Å². The number of aryl methyl sites for hydroxylation is 1. The highest BCUT2D eigenvalue weighted by Crippen LogP contribution is 2.41. The third-order valence-corrected chi connectivity index (χ3v) is 6.06. The van der Waals surface area contributed by atoms with Gasteiger partial charge in [0.1, 0.15) is 0 Å². The highest BCUT2D eigenvalue weighted by molar-refractivity contribution is 5.70. The molecule has 0 N–H and O–H groups in total. The Bertz CT molecular complexity index is 905. The van der Waals surface area contributed by atoms with Gasteiger partial charge in [0, 0.05) is 11.6 Å². The van der Waals surface area contributed by atoms with E-state index < -0.39 is 0 Å². The Labute approximate surface area is 151 Å². The van der Waals surface area contributed by atoms with Crippen LogP contribution in [-0.2, 0) is 12.0 Å². The van der Waals surface area contributed by atoms with Crippen molar-refractivity contribution in [1.82, 2.24) is 0 Å². The number of hydrogen-bond acceptors (Lipinski definition) is 0. The van der Waals surface area contributed by atoms with E-state index in [4.69, 9.17) is 0 Å². The van der Waals surface area contributed by atoms with Crippen LogP contribution in [-0.4, -0.2) is 0 Å². The van der Waals surface area contributed by atoms with Gasteiger partial charge in [0.15, 0.2) is 12.7 Å². The largest absolute Gasteiger partial charge is 0.213 e. The molecular weight excluding hydrogens is 302 g/mol. The van der Waals surface area contributed by atoms with Crippen LogP contribution in [0.3, 0.4) is 0 Å². The van der Waals surface area contributed by atoms with Gasteiger partial charge in [0.05, 0.1) is 11.0 Å². The predicted molar refractivity (Wildman–Crippen MR) is 105 cm³/mol. The topological polar surface area (TPSA) is 3.88 Å². The van der Waals surface area contributed by atoms with Crippen molar-refractivity contribution in [2.24, 2.45) is 0 Å². The van der Waals surface area contributed by atoms with Crippen molar-refractivity contribution in [3.63, 3.8) is 0 Å². The summed E-state index contributed by atoms with van der Waals surface area (Å²) in [5.41, 5.74) is 8.49. The molecule has 0 amide bonds. The minimum absolute atomic E-state index is 0.234. The summed E-state index contributed by atoms with van der Waals surface area (Å²) in [4.78, 5) is 0. The third-order valence-electron chi connectivity index (χ3n) is 6.06. The first-order chi connectivity index (χ1) is 12.2. The first-order valence-corrected chi connectivity index (χ1v) is 9.38. The Hall–Kier alpha value is -2.41. The number of fused-ring (bicyclic) bond motifs is 3. The molecule has 3 aromatic rings. The smallest absolute Gasteiger partial charge is 0.197 e. The Kier molecular flexibility index (Phi) is 3.95. The lowest BCUT2D eigenvalue weighted by atomic mass is 9.71.